The van der Waals surface area contributed by atoms with Gasteiger partial charge < -0.3 is 16.0 Å². The molecule has 2 heterocycles. The van der Waals surface area contributed by atoms with E-state index in [-0.39, 0.29) is 34.3 Å². The van der Waals surface area contributed by atoms with E-state index in [9.17, 15) is 35.5 Å². The first-order valence-electron chi connectivity index (χ1n) is 11.2. The fourth-order valence-corrected chi connectivity index (χ4v) is 3.52. The molecule has 1 amide bonds. The fraction of sp³-hybridized carbons (Fsp3) is 0.120. The van der Waals surface area contributed by atoms with E-state index in [4.69, 9.17) is 0 Å². The molecule has 0 bridgehead atoms. The smallest absolute Gasteiger partial charge is 0.337 e. The number of nitrogens with one attached hydrogen (secondary N) is 3. The summed E-state index contributed by atoms with van der Waals surface area (Å²) < 4.78 is 95.0. The van der Waals surface area contributed by atoms with Crippen LogP contribution in [0.15, 0.2) is 67.5 Å². The number of halogens is 7. The van der Waals surface area contributed by atoms with Crippen LogP contribution in [0.5, 0.6) is 0 Å². The predicted octanol–water partition coefficient (Wildman–Crippen LogP) is 6.67. The van der Waals surface area contributed by atoms with E-state index in [1.165, 1.54) is 19.2 Å². The third-order valence-corrected chi connectivity index (χ3v) is 5.33. The number of aryl methyl sites for hydroxylation is 1. The van der Waals surface area contributed by atoms with Crippen molar-refractivity contribution in [3.8, 4) is 11.1 Å². The monoisotopic (exact) mass is 565 g/mol. The molecule has 4 aromatic rings. The van der Waals surface area contributed by atoms with Crippen molar-refractivity contribution in [1.29, 1.82) is 0 Å². The van der Waals surface area contributed by atoms with Crippen LogP contribution in [0.3, 0.4) is 0 Å². The summed E-state index contributed by atoms with van der Waals surface area (Å²) in [7, 11) is 1.28. The summed E-state index contributed by atoms with van der Waals surface area (Å²) in [5, 5.41) is 10.9. The highest BCUT2D eigenvalue weighted by Crippen LogP contribution is 2.37. The molecule has 0 saturated heterocycles. The average molecular weight is 565 g/mol. The largest absolute Gasteiger partial charge is 0.437 e. The molecule has 0 saturated carbocycles. The molecule has 15 heteroatoms. The molecule has 0 spiro atoms. The number of carbonyl (C=O) groups excluding carboxylic acids is 1. The molecule has 2 aromatic heterocycles. The van der Waals surface area contributed by atoms with Crippen LogP contribution in [0.2, 0.25) is 0 Å². The van der Waals surface area contributed by atoms with Crippen LogP contribution < -0.4 is 16.0 Å². The number of hydrogen-bond acceptors (Lipinski definition) is 6. The number of nitrogens with zero attached hydrogens (tertiary/aromatic N) is 4. The average Bonchev–Trinajstić information content (AvgIpc) is 3.26. The number of rotatable bonds is 7. The van der Waals surface area contributed by atoms with Crippen molar-refractivity contribution in [3.05, 3.63) is 84.6 Å². The SMILES string of the molecule is C=CC(=O)Nc1ccc(F)c(Nc2nc(Nc3cn(C)nc3C(F)(F)F)ncc2-c2ccc(C(F)(F)F)cc2)c1. The molecule has 0 aliphatic heterocycles. The molecule has 0 radical (unpaired) electrons. The van der Waals surface area contributed by atoms with Gasteiger partial charge in [-0.25, -0.2) is 9.37 Å². The van der Waals surface area contributed by atoms with Gasteiger partial charge in [-0.15, -0.1) is 0 Å². The molecule has 40 heavy (non-hydrogen) atoms. The van der Waals surface area contributed by atoms with E-state index in [1.54, 1.807) is 0 Å². The van der Waals surface area contributed by atoms with Crippen LogP contribution in [0.4, 0.5) is 59.6 Å². The first-order chi connectivity index (χ1) is 18.7. The summed E-state index contributed by atoms with van der Waals surface area (Å²) in [6.07, 6.45) is -6.21. The minimum absolute atomic E-state index is 0.0986. The number of aromatic nitrogens is 4. The first kappa shape index (κ1) is 28.1. The number of hydrogen-bond donors (Lipinski definition) is 3. The van der Waals surface area contributed by atoms with Gasteiger partial charge in [-0.05, 0) is 42.0 Å². The maximum Gasteiger partial charge on any atom is 0.437 e. The number of alkyl halides is 6. The van der Waals surface area contributed by atoms with Crippen molar-refractivity contribution in [2.75, 3.05) is 16.0 Å². The van der Waals surface area contributed by atoms with Crippen LogP contribution in [0.1, 0.15) is 11.3 Å². The van der Waals surface area contributed by atoms with Crippen LogP contribution in [-0.4, -0.2) is 25.7 Å². The summed E-state index contributed by atoms with van der Waals surface area (Å²) >= 11 is 0. The van der Waals surface area contributed by atoms with Crippen molar-refractivity contribution < 1.29 is 35.5 Å². The molecular weight excluding hydrogens is 547 g/mol. The van der Waals surface area contributed by atoms with E-state index in [1.807, 2.05) is 0 Å². The van der Waals surface area contributed by atoms with Crippen molar-refractivity contribution >= 4 is 34.7 Å². The molecule has 0 fully saturated rings. The Morgan fingerprint density at radius 2 is 1.68 bits per heavy atom. The highest BCUT2D eigenvalue weighted by molar-refractivity contribution is 5.99. The van der Waals surface area contributed by atoms with Gasteiger partial charge in [0, 0.05) is 30.7 Å². The van der Waals surface area contributed by atoms with E-state index in [0.29, 0.717) is 0 Å². The molecule has 0 unspecified atom stereocenters. The summed E-state index contributed by atoms with van der Waals surface area (Å²) in [5.41, 5.74) is -2.38. The van der Waals surface area contributed by atoms with Crippen LogP contribution in [0, 0.1) is 5.82 Å². The zero-order valence-corrected chi connectivity index (χ0v) is 20.3. The Hall–Kier alpha value is -4.95. The van der Waals surface area contributed by atoms with Gasteiger partial charge in [0.2, 0.25) is 11.9 Å². The first-order valence-corrected chi connectivity index (χ1v) is 11.2. The Labute approximate surface area is 221 Å². The minimum Gasteiger partial charge on any atom is -0.337 e. The Bertz CT molecular complexity index is 1560. The van der Waals surface area contributed by atoms with Gasteiger partial charge in [0.25, 0.3) is 0 Å². The number of anilines is 5. The zero-order chi connectivity index (χ0) is 29.2. The maximum absolute atomic E-state index is 14.7. The minimum atomic E-state index is -4.80. The Balaban J connectivity index is 1.78. The lowest BCUT2D eigenvalue weighted by molar-refractivity contribution is -0.141. The third-order valence-electron chi connectivity index (χ3n) is 5.33. The molecule has 0 aliphatic rings. The molecule has 0 atom stereocenters. The van der Waals surface area contributed by atoms with E-state index < -0.39 is 41.0 Å². The van der Waals surface area contributed by atoms with Gasteiger partial charge in [0.15, 0.2) is 5.69 Å². The summed E-state index contributed by atoms with van der Waals surface area (Å²) in [4.78, 5) is 19.8. The number of carbonyl (C=O) groups is 1. The highest BCUT2D eigenvalue weighted by Gasteiger charge is 2.37. The zero-order valence-electron chi connectivity index (χ0n) is 20.3. The second kappa shape index (κ2) is 10.7. The topological polar surface area (TPSA) is 96.8 Å². The maximum atomic E-state index is 14.7. The number of amides is 1. The van der Waals surface area contributed by atoms with Gasteiger partial charge in [-0.3, -0.25) is 9.48 Å². The van der Waals surface area contributed by atoms with Gasteiger partial charge >= 0.3 is 12.4 Å². The van der Waals surface area contributed by atoms with Gasteiger partial charge in [0.1, 0.15) is 11.6 Å². The van der Waals surface area contributed by atoms with Crippen LogP contribution >= 0.6 is 0 Å². The van der Waals surface area contributed by atoms with E-state index in [2.05, 4.69) is 37.6 Å². The van der Waals surface area contributed by atoms with Gasteiger partial charge in [0.05, 0.1) is 16.9 Å². The second-order valence-corrected chi connectivity index (χ2v) is 8.23. The van der Waals surface area contributed by atoms with Crippen LogP contribution in [0.25, 0.3) is 11.1 Å². The van der Waals surface area contributed by atoms with Crippen molar-refractivity contribution in [1.82, 2.24) is 19.7 Å². The van der Waals surface area contributed by atoms with Crippen LogP contribution in [-0.2, 0) is 24.2 Å². The van der Waals surface area contributed by atoms with E-state index in [0.717, 1.165) is 53.5 Å². The van der Waals surface area contributed by atoms with Crippen molar-refractivity contribution in [2.24, 2.45) is 7.05 Å². The van der Waals surface area contributed by atoms with Gasteiger partial charge in [-0.2, -0.15) is 36.4 Å². The summed E-state index contributed by atoms with van der Waals surface area (Å²) in [6.45, 7) is 3.33. The quantitative estimate of drug-likeness (QED) is 0.171. The summed E-state index contributed by atoms with van der Waals surface area (Å²) in [6, 6.07) is 7.44. The molecular formula is C25H18F7N7O. The number of benzene rings is 2. The molecule has 4 rings (SSSR count). The highest BCUT2D eigenvalue weighted by atomic mass is 19.4. The van der Waals surface area contributed by atoms with Crippen molar-refractivity contribution in [3.63, 3.8) is 0 Å². The predicted molar refractivity (Wildman–Crippen MR) is 132 cm³/mol. The van der Waals surface area contributed by atoms with Gasteiger partial charge in [-0.1, -0.05) is 18.7 Å². The summed E-state index contributed by atoms with van der Waals surface area (Å²) in [5.74, 6) is -1.89. The van der Waals surface area contributed by atoms with E-state index >= 15 is 0 Å². The Kier molecular flexibility index (Phi) is 7.48. The molecule has 0 aliphatic carbocycles. The Morgan fingerprint density at radius 3 is 2.30 bits per heavy atom. The molecule has 3 N–H and O–H groups in total. The Morgan fingerprint density at radius 1 is 0.975 bits per heavy atom. The standard InChI is InChI=1S/C25H18F7N7O/c1-3-20(40)34-15-8-9-17(26)18(10-15)35-22-16(13-4-6-14(7-5-13)24(27,28)29)11-33-23(37-22)36-19-12-39(2)38-21(19)25(30,31)32/h3-12H,1H2,2H3,(H,34,40)(H2,33,35,36,37). The fourth-order valence-electron chi connectivity index (χ4n) is 3.52. The molecule has 208 valence electrons. The normalized spacial score (nSPS) is 11.7. The van der Waals surface area contributed by atoms with Crippen molar-refractivity contribution in [2.45, 2.75) is 12.4 Å². The molecule has 2 aromatic carbocycles. The lowest BCUT2D eigenvalue weighted by atomic mass is 10.1. The lowest BCUT2D eigenvalue weighted by Gasteiger charge is -2.15. The second-order valence-electron chi connectivity index (χ2n) is 8.23. The third kappa shape index (κ3) is 6.36. The lowest BCUT2D eigenvalue weighted by Crippen LogP contribution is -2.10. The molecule has 8 nitrogen and oxygen atoms in total.